The Labute approximate surface area is 154 Å². The van der Waals surface area contributed by atoms with E-state index in [1.807, 2.05) is 0 Å². The molecule has 1 fully saturated rings. The van der Waals surface area contributed by atoms with E-state index in [9.17, 15) is 0 Å². The molecule has 0 saturated carbocycles. The number of aromatic nitrogens is 1. The molecule has 0 amide bonds. The molecule has 1 aromatic heterocycles. The minimum Gasteiger partial charge on any atom is -0.376 e. The van der Waals surface area contributed by atoms with Crippen molar-refractivity contribution in [2.45, 2.75) is 45.1 Å². The van der Waals surface area contributed by atoms with Crippen LogP contribution in [0.2, 0.25) is 0 Å². The minimum absolute atomic E-state index is 0. The molecular formula is C15H27IN4OS. The summed E-state index contributed by atoms with van der Waals surface area (Å²) in [5.41, 5.74) is 1.16. The van der Waals surface area contributed by atoms with Gasteiger partial charge in [0.1, 0.15) is 0 Å². The Morgan fingerprint density at radius 3 is 2.91 bits per heavy atom. The molecule has 1 atom stereocenters. The van der Waals surface area contributed by atoms with Gasteiger partial charge in [-0.1, -0.05) is 13.8 Å². The molecule has 5 nitrogen and oxygen atoms in total. The van der Waals surface area contributed by atoms with Gasteiger partial charge in [-0.15, -0.1) is 35.3 Å². The van der Waals surface area contributed by atoms with Gasteiger partial charge >= 0.3 is 0 Å². The molecule has 0 aliphatic carbocycles. The topological polar surface area (TPSA) is 58.5 Å². The Kier molecular flexibility index (Phi) is 9.27. The molecule has 0 aromatic carbocycles. The highest BCUT2D eigenvalue weighted by Crippen LogP contribution is 2.19. The van der Waals surface area contributed by atoms with Crippen LogP contribution in [0.1, 0.15) is 43.3 Å². The molecule has 1 aliphatic rings. The van der Waals surface area contributed by atoms with Crippen LogP contribution in [0.5, 0.6) is 0 Å². The minimum atomic E-state index is 0. The number of hydrogen-bond donors (Lipinski definition) is 2. The second kappa shape index (κ2) is 10.4. The molecule has 22 heavy (non-hydrogen) atoms. The van der Waals surface area contributed by atoms with Gasteiger partial charge in [-0.2, -0.15) is 0 Å². The fourth-order valence-corrected chi connectivity index (χ4v) is 3.12. The van der Waals surface area contributed by atoms with Crippen molar-refractivity contribution < 1.29 is 4.74 Å². The summed E-state index contributed by atoms with van der Waals surface area (Å²) in [7, 11) is 1.80. The second-order valence-electron chi connectivity index (χ2n) is 5.60. The van der Waals surface area contributed by atoms with E-state index < -0.39 is 0 Å². The summed E-state index contributed by atoms with van der Waals surface area (Å²) in [5, 5.41) is 10.0. The fourth-order valence-electron chi connectivity index (χ4n) is 2.25. The van der Waals surface area contributed by atoms with Gasteiger partial charge < -0.3 is 15.4 Å². The molecule has 7 heteroatoms. The van der Waals surface area contributed by atoms with Gasteiger partial charge in [0.25, 0.3) is 0 Å². The average Bonchev–Trinajstić information content (AvgIpc) is 3.13. The molecular weight excluding hydrogens is 411 g/mol. The van der Waals surface area contributed by atoms with E-state index >= 15 is 0 Å². The lowest BCUT2D eigenvalue weighted by molar-refractivity contribution is 0.114. The lowest BCUT2D eigenvalue weighted by atomic mass is 10.2. The molecule has 1 unspecified atom stereocenters. The largest absolute Gasteiger partial charge is 0.376 e. The molecule has 2 heterocycles. The summed E-state index contributed by atoms with van der Waals surface area (Å²) in [6, 6.07) is 0. The number of rotatable bonds is 6. The van der Waals surface area contributed by atoms with Gasteiger partial charge in [0.15, 0.2) is 5.96 Å². The van der Waals surface area contributed by atoms with Crippen molar-refractivity contribution in [2.24, 2.45) is 4.99 Å². The summed E-state index contributed by atoms with van der Waals surface area (Å²) in [6.45, 7) is 6.91. The van der Waals surface area contributed by atoms with E-state index in [-0.39, 0.29) is 24.0 Å². The van der Waals surface area contributed by atoms with E-state index in [1.54, 1.807) is 18.4 Å². The SMILES string of the molecule is CN=C(NCCc1csc(C(C)C)n1)NCC1CCCO1.I. The Bertz CT molecular complexity index is 458. The van der Waals surface area contributed by atoms with Crippen molar-refractivity contribution in [1.82, 2.24) is 15.6 Å². The van der Waals surface area contributed by atoms with Gasteiger partial charge in [-0.3, -0.25) is 4.99 Å². The Balaban J connectivity index is 0.00000242. The molecule has 1 aromatic rings. The highest BCUT2D eigenvalue weighted by molar-refractivity contribution is 14.0. The number of nitrogens with one attached hydrogen (secondary N) is 2. The maximum absolute atomic E-state index is 5.59. The number of nitrogens with zero attached hydrogens (tertiary/aromatic N) is 2. The van der Waals surface area contributed by atoms with E-state index in [4.69, 9.17) is 4.74 Å². The maximum Gasteiger partial charge on any atom is 0.191 e. The van der Waals surface area contributed by atoms with E-state index in [1.165, 1.54) is 11.4 Å². The lowest BCUT2D eigenvalue weighted by Crippen LogP contribution is -2.41. The Hall–Kier alpha value is -0.410. The zero-order valence-corrected chi connectivity index (χ0v) is 16.7. The number of thiazole rings is 1. The summed E-state index contributed by atoms with van der Waals surface area (Å²) in [6.07, 6.45) is 3.56. The number of hydrogen-bond acceptors (Lipinski definition) is 4. The first-order valence-electron chi connectivity index (χ1n) is 7.69. The molecule has 1 saturated heterocycles. The molecule has 2 N–H and O–H groups in total. The van der Waals surface area contributed by atoms with E-state index in [0.717, 1.165) is 44.2 Å². The van der Waals surface area contributed by atoms with Crippen LogP contribution in [-0.2, 0) is 11.2 Å². The van der Waals surface area contributed by atoms with Crippen molar-refractivity contribution in [3.8, 4) is 0 Å². The molecule has 126 valence electrons. The standard InChI is InChI=1S/C15H26N4OS.HI/c1-11(2)14-19-12(10-21-14)6-7-17-15(16-3)18-9-13-5-4-8-20-13;/h10-11,13H,4-9H2,1-3H3,(H2,16,17,18);1H. The van der Waals surface area contributed by atoms with Gasteiger partial charge in [-0.05, 0) is 12.8 Å². The van der Waals surface area contributed by atoms with Crippen LogP contribution >= 0.6 is 35.3 Å². The summed E-state index contributed by atoms with van der Waals surface area (Å²) < 4.78 is 5.59. The second-order valence-corrected chi connectivity index (χ2v) is 6.49. The van der Waals surface area contributed by atoms with Crippen LogP contribution in [0.4, 0.5) is 0 Å². The van der Waals surface area contributed by atoms with Crippen molar-refractivity contribution in [3.63, 3.8) is 0 Å². The van der Waals surface area contributed by atoms with Crippen LogP contribution in [0, 0.1) is 0 Å². The smallest absolute Gasteiger partial charge is 0.191 e. The molecule has 1 aliphatic heterocycles. The first-order chi connectivity index (χ1) is 10.2. The Morgan fingerprint density at radius 2 is 2.32 bits per heavy atom. The summed E-state index contributed by atoms with van der Waals surface area (Å²) >= 11 is 1.75. The van der Waals surface area contributed by atoms with Crippen molar-refractivity contribution in [1.29, 1.82) is 0 Å². The number of aliphatic imine (C=N–C) groups is 1. The average molecular weight is 438 g/mol. The predicted molar refractivity (Wildman–Crippen MR) is 104 cm³/mol. The van der Waals surface area contributed by atoms with Crippen LogP contribution in [0.25, 0.3) is 0 Å². The molecule has 0 spiro atoms. The van der Waals surface area contributed by atoms with E-state index in [2.05, 4.69) is 39.8 Å². The monoisotopic (exact) mass is 438 g/mol. The molecule has 0 radical (unpaired) electrons. The van der Waals surface area contributed by atoms with Gasteiger partial charge in [-0.25, -0.2) is 4.98 Å². The molecule has 0 bridgehead atoms. The fraction of sp³-hybridized carbons (Fsp3) is 0.733. The van der Waals surface area contributed by atoms with Gasteiger partial charge in [0.2, 0.25) is 0 Å². The molecule has 2 rings (SSSR count). The summed E-state index contributed by atoms with van der Waals surface area (Å²) in [4.78, 5) is 8.87. The number of ether oxygens (including phenoxy) is 1. The number of guanidine groups is 1. The summed E-state index contributed by atoms with van der Waals surface area (Å²) in [5.74, 6) is 1.35. The normalized spacial score (nSPS) is 18.4. The van der Waals surface area contributed by atoms with Crippen LogP contribution in [0.15, 0.2) is 10.4 Å². The third kappa shape index (κ3) is 6.37. The van der Waals surface area contributed by atoms with Crippen molar-refractivity contribution in [2.75, 3.05) is 26.7 Å². The zero-order chi connectivity index (χ0) is 15.1. The van der Waals surface area contributed by atoms with Gasteiger partial charge in [0.05, 0.1) is 16.8 Å². The van der Waals surface area contributed by atoms with Gasteiger partial charge in [0, 0.05) is 44.5 Å². The zero-order valence-electron chi connectivity index (χ0n) is 13.6. The van der Waals surface area contributed by atoms with Crippen LogP contribution < -0.4 is 10.6 Å². The number of halogens is 1. The highest BCUT2D eigenvalue weighted by Gasteiger charge is 2.15. The van der Waals surface area contributed by atoms with Crippen LogP contribution in [0.3, 0.4) is 0 Å². The first kappa shape index (κ1) is 19.6. The van der Waals surface area contributed by atoms with Crippen molar-refractivity contribution in [3.05, 3.63) is 16.1 Å². The first-order valence-corrected chi connectivity index (χ1v) is 8.57. The van der Waals surface area contributed by atoms with Crippen LogP contribution in [-0.4, -0.2) is 43.8 Å². The van der Waals surface area contributed by atoms with Crippen molar-refractivity contribution >= 4 is 41.3 Å². The predicted octanol–water partition coefficient (Wildman–Crippen LogP) is 2.77. The van der Waals surface area contributed by atoms with E-state index in [0.29, 0.717) is 12.0 Å². The Morgan fingerprint density at radius 1 is 1.50 bits per heavy atom. The third-order valence-corrected chi connectivity index (χ3v) is 4.68. The lowest BCUT2D eigenvalue weighted by Gasteiger charge is -2.14. The third-order valence-electron chi connectivity index (χ3n) is 3.48. The quantitative estimate of drug-likeness (QED) is 0.408. The highest BCUT2D eigenvalue weighted by atomic mass is 127. The maximum atomic E-state index is 5.59.